The minimum absolute atomic E-state index is 0.00980. The summed E-state index contributed by atoms with van der Waals surface area (Å²) < 4.78 is 13.7. The number of nitrogens with one attached hydrogen (secondary N) is 1. The largest absolute Gasteiger partial charge is 0.366 e. The highest BCUT2D eigenvalue weighted by Crippen LogP contribution is 2.21. The Kier molecular flexibility index (Phi) is 3.74. The molecule has 0 aliphatic heterocycles. The van der Waals surface area contributed by atoms with Crippen LogP contribution in [0.2, 0.25) is 0 Å². The van der Waals surface area contributed by atoms with Crippen LogP contribution in [-0.4, -0.2) is 16.8 Å². The minimum atomic E-state index is -0.766. The van der Waals surface area contributed by atoms with E-state index in [4.69, 9.17) is 5.73 Å². The second-order valence-electron chi connectivity index (χ2n) is 4.16. The van der Waals surface area contributed by atoms with Crippen molar-refractivity contribution in [3.8, 4) is 0 Å². The Morgan fingerprint density at radius 1 is 1.30 bits per heavy atom. The van der Waals surface area contributed by atoms with Gasteiger partial charge in [0, 0.05) is 23.0 Å². The van der Waals surface area contributed by atoms with Crippen molar-refractivity contribution in [3.05, 3.63) is 59.2 Å². The van der Waals surface area contributed by atoms with Crippen LogP contribution in [0.25, 0.3) is 0 Å². The maximum atomic E-state index is 13.7. The van der Waals surface area contributed by atoms with Crippen LogP contribution in [0.1, 0.15) is 26.4 Å². The Morgan fingerprint density at radius 2 is 2.05 bits per heavy atom. The summed E-state index contributed by atoms with van der Waals surface area (Å²) in [5.74, 6) is -1.87. The highest BCUT2D eigenvalue weighted by molar-refractivity contribution is 6.04. The summed E-state index contributed by atoms with van der Waals surface area (Å²) in [5, 5.41) is 2.51. The fourth-order valence-electron chi connectivity index (χ4n) is 1.63. The molecule has 0 unspecified atom stereocenters. The summed E-state index contributed by atoms with van der Waals surface area (Å²) in [4.78, 5) is 26.9. The third-order valence-corrected chi connectivity index (χ3v) is 2.77. The number of hydrogen-bond acceptors (Lipinski definition) is 3. The van der Waals surface area contributed by atoms with Gasteiger partial charge >= 0.3 is 0 Å². The third kappa shape index (κ3) is 2.80. The molecule has 3 N–H and O–H groups in total. The molecule has 0 aliphatic carbocycles. The van der Waals surface area contributed by atoms with E-state index in [1.54, 1.807) is 12.1 Å². The van der Waals surface area contributed by atoms with Crippen molar-refractivity contribution in [3.63, 3.8) is 0 Å². The second-order valence-corrected chi connectivity index (χ2v) is 4.16. The van der Waals surface area contributed by atoms with Crippen LogP contribution < -0.4 is 11.1 Å². The molecule has 0 radical (unpaired) electrons. The predicted octanol–water partition coefficient (Wildman–Crippen LogP) is 1.88. The van der Waals surface area contributed by atoms with Gasteiger partial charge in [0.1, 0.15) is 11.5 Å². The van der Waals surface area contributed by atoms with Gasteiger partial charge in [-0.25, -0.2) is 4.39 Å². The molecule has 1 aromatic carbocycles. The van der Waals surface area contributed by atoms with Gasteiger partial charge in [-0.2, -0.15) is 0 Å². The predicted molar refractivity (Wildman–Crippen MR) is 71.8 cm³/mol. The van der Waals surface area contributed by atoms with E-state index in [0.717, 1.165) is 6.07 Å². The van der Waals surface area contributed by atoms with E-state index in [1.165, 1.54) is 25.3 Å². The van der Waals surface area contributed by atoms with E-state index < -0.39 is 17.6 Å². The minimum Gasteiger partial charge on any atom is -0.366 e. The van der Waals surface area contributed by atoms with E-state index in [0.29, 0.717) is 0 Å². The van der Waals surface area contributed by atoms with Crippen molar-refractivity contribution in [1.82, 2.24) is 4.98 Å². The zero-order chi connectivity index (χ0) is 14.7. The molecule has 0 spiro atoms. The summed E-state index contributed by atoms with van der Waals surface area (Å²) in [6.07, 6.45) is 1.47. The van der Waals surface area contributed by atoms with Gasteiger partial charge in [-0.1, -0.05) is 6.07 Å². The molecule has 2 aromatic rings. The lowest BCUT2D eigenvalue weighted by Crippen LogP contribution is -2.17. The van der Waals surface area contributed by atoms with Gasteiger partial charge < -0.3 is 11.1 Å². The monoisotopic (exact) mass is 273 g/mol. The molecular formula is C14H12FN3O2. The van der Waals surface area contributed by atoms with Crippen molar-refractivity contribution in [1.29, 1.82) is 0 Å². The van der Waals surface area contributed by atoms with Crippen molar-refractivity contribution in [2.75, 3.05) is 5.32 Å². The number of nitrogens with zero attached hydrogens (tertiary/aromatic N) is 1. The van der Waals surface area contributed by atoms with E-state index >= 15 is 0 Å². The Balaban J connectivity index is 2.34. The molecule has 0 atom stereocenters. The standard InChI is InChI=1S/C14H12FN3O2/c1-8-10(15)6-9(13(16)19)7-12(8)18-14(20)11-4-2-3-5-17-11/h2-7H,1H3,(H2,16,19)(H,18,20). The maximum Gasteiger partial charge on any atom is 0.274 e. The van der Waals surface area contributed by atoms with E-state index in [1.807, 2.05) is 0 Å². The first-order valence-corrected chi connectivity index (χ1v) is 5.81. The lowest BCUT2D eigenvalue weighted by molar-refractivity contribution is 0.0995. The highest BCUT2D eigenvalue weighted by atomic mass is 19.1. The van der Waals surface area contributed by atoms with Crippen LogP contribution in [0.5, 0.6) is 0 Å². The van der Waals surface area contributed by atoms with Gasteiger partial charge in [-0.3, -0.25) is 14.6 Å². The summed E-state index contributed by atoms with van der Waals surface area (Å²) in [6.45, 7) is 1.49. The number of aromatic nitrogens is 1. The Bertz CT molecular complexity index is 672. The van der Waals surface area contributed by atoms with Gasteiger partial charge in [0.25, 0.3) is 5.91 Å². The quantitative estimate of drug-likeness (QED) is 0.895. The third-order valence-electron chi connectivity index (χ3n) is 2.77. The average molecular weight is 273 g/mol. The number of carbonyl (C=O) groups is 2. The number of rotatable bonds is 3. The van der Waals surface area contributed by atoms with Crippen molar-refractivity contribution >= 4 is 17.5 Å². The molecule has 5 nitrogen and oxygen atoms in total. The van der Waals surface area contributed by atoms with Crippen molar-refractivity contribution in [2.45, 2.75) is 6.92 Å². The van der Waals surface area contributed by atoms with Crippen molar-refractivity contribution in [2.24, 2.45) is 5.73 Å². The molecular weight excluding hydrogens is 261 g/mol. The van der Waals surface area contributed by atoms with Gasteiger partial charge in [-0.05, 0) is 31.2 Å². The van der Waals surface area contributed by atoms with Crippen LogP contribution in [-0.2, 0) is 0 Å². The number of halogens is 1. The van der Waals surface area contributed by atoms with Crippen LogP contribution in [0.15, 0.2) is 36.5 Å². The number of anilines is 1. The molecule has 20 heavy (non-hydrogen) atoms. The van der Waals surface area contributed by atoms with Crippen LogP contribution in [0.3, 0.4) is 0 Å². The van der Waals surface area contributed by atoms with Crippen molar-refractivity contribution < 1.29 is 14.0 Å². The summed E-state index contributed by atoms with van der Waals surface area (Å²) in [7, 11) is 0. The maximum absolute atomic E-state index is 13.7. The van der Waals surface area contributed by atoms with Gasteiger partial charge in [0.2, 0.25) is 5.91 Å². The lowest BCUT2D eigenvalue weighted by atomic mass is 10.1. The number of pyridine rings is 1. The molecule has 0 bridgehead atoms. The molecule has 6 heteroatoms. The number of benzene rings is 1. The lowest BCUT2D eigenvalue weighted by Gasteiger charge is -2.10. The first-order valence-electron chi connectivity index (χ1n) is 5.81. The topological polar surface area (TPSA) is 85.1 Å². The average Bonchev–Trinajstić information content (AvgIpc) is 2.44. The van der Waals surface area contributed by atoms with Gasteiger partial charge in [0.15, 0.2) is 0 Å². The SMILES string of the molecule is Cc1c(F)cc(C(N)=O)cc1NC(=O)c1ccccn1. The van der Waals surface area contributed by atoms with Crippen LogP contribution in [0, 0.1) is 12.7 Å². The van der Waals surface area contributed by atoms with Gasteiger partial charge in [0.05, 0.1) is 0 Å². The number of carbonyl (C=O) groups excluding carboxylic acids is 2. The molecule has 2 rings (SSSR count). The molecule has 0 fully saturated rings. The number of hydrogen-bond donors (Lipinski definition) is 2. The zero-order valence-corrected chi connectivity index (χ0v) is 10.7. The Morgan fingerprint density at radius 3 is 2.65 bits per heavy atom. The first-order chi connectivity index (χ1) is 9.49. The normalized spacial score (nSPS) is 10.1. The first kappa shape index (κ1) is 13.7. The smallest absolute Gasteiger partial charge is 0.274 e. The molecule has 1 aromatic heterocycles. The fraction of sp³-hybridized carbons (Fsp3) is 0.0714. The van der Waals surface area contributed by atoms with Gasteiger partial charge in [-0.15, -0.1) is 0 Å². The van der Waals surface area contributed by atoms with Crippen LogP contribution >= 0.6 is 0 Å². The molecule has 1 heterocycles. The summed E-state index contributed by atoms with van der Waals surface area (Å²) >= 11 is 0. The van der Waals surface area contributed by atoms with E-state index in [-0.39, 0.29) is 22.5 Å². The fourth-order valence-corrected chi connectivity index (χ4v) is 1.63. The molecule has 2 amide bonds. The highest BCUT2D eigenvalue weighted by Gasteiger charge is 2.14. The van der Waals surface area contributed by atoms with E-state index in [9.17, 15) is 14.0 Å². The number of nitrogens with two attached hydrogens (primary N) is 1. The Hall–Kier alpha value is -2.76. The molecule has 102 valence electrons. The number of primary amides is 1. The zero-order valence-electron chi connectivity index (χ0n) is 10.7. The van der Waals surface area contributed by atoms with E-state index in [2.05, 4.69) is 10.3 Å². The molecule has 0 aliphatic rings. The number of amides is 2. The second kappa shape index (κ2) is 5.48. The molecule has 0 saturated carbocycles. The molecule has 0 saturated heterocycles. The summed E-state index contributed by atoms with van der Waals surface area (Å²) in [6, 6.07) is 7.24. The Labute approximate surface area is 114 Å². The van der Waals surface area contributed by atoms with Crippen LogP contribution in [0.4, 0.5) is 10.1 Å². The summed E-state index contributed by atoms with van der Waals surface area (Å²) in [5.41, 5.74) is 5.71.